The number of nitrogens with one attached hydrogen (secondary N) is 1. The molecule has 15 nitrogen and oxygen atoms in total. The number of allylic oxidation sites excluding steroid dienone is 1. The van der Waals surface area contributed by atoms with Gasteiger partial charge in [-0.3, -0.25) is 9.59 Å². The van der Waals surface area contributed by atoms with Crippen LogP contribution in [0.4, 0.5) is 0 Å². The molecule has 0 saturated carbocycles. The van der Waals surface area contributed by atoms with E-state index in [4.69, 9.17) is 33.2 Å². The van der Waals surface area contributed by atoms with E-state index in [1.54, 1.807) is 34.6 Å². The predicted octanol–water partition coefficient (Wildman–Crippen LogP) is 6.69. The Morgan fingerprint density at radius 2 is 1.58 bits per heavy atom. The molecule has 0 aromatic heterocycles. The molecule has 3 aliphatic heterocycles. The molecule has 3 heterocycles. The van der Waals surface area contributed by atoms with E-state index in [9.17, 15) is 30.0 Å². The smallest absolute Gasteiger partial charge is 0.311 e. The van der Waals surface area contributed by atoms with Crippen LogP contribution in [0.3, 0.4) is 0 Å². The highest BCUT2D eigenvalue weighted by molar-refractivity contribution is 5.77. The van der Waals surface area contributed by atoms with E-state index in [-0.39, 0.29) is 48.6 Å². The summed E-state index contributed by atoms with van der Waals surface area (Å²) in [5.41, 5.74) is -3.03. The van der Waals surface area contributed by atoms with Gasteiger partial charge in [0.15, 0.2) is 12.6 Å². The van der Waals surface area contributed by atoms with Gasteiger partial charge in [-0.25, -0.2) is 0 Å². The lowest BCUT2D eigenvalue weighted by molar-refractivity contribution is -0.321. The maximum atomic E-state index is 14.6. The fourth-order valence-corrected chi connectivity index (χ4v) is 10.8. The van der Waals surface area contributed by atoms with Gasteiger partial charge >= 0.3 is 5.97 Å². The number of esters is 1. The number of rotatable bonds is 17. The fraction of sp³-hybridized carbons (Fsp3) is 0.923. The van der Waals surface area contributed by atoms with Gasteiger partial charge in [0.1, 0.15) is 23.9 Å². The first kappa shape index (κ1) is 59.5. The zero-order chi connectivity index (χ0) is 50.6. The molecule has 5 N–H and O–H groups in total. The van der Waals surface area contributed by atoms with Crippen LogP contribution < -0.4 is 5.32 Å². The maximum Gasteiger partial charge on any atom is 0.311 e. The molecule has 3 rings (SSSR count). The van der Waals surface area contributed by atoms with E-state index in [0.29, 0.717) is 45.3 Å². The van der Waals surface area contributed by atoms with Crippen LogP contribution in [-0.2, 0) is 42.7 Å². The summed E-state index contributed by atoms with van der Waals surface area (Å²) in [4.78, 5) is 29.4. The molecule has 0 aromatic carbocycles. The summed E-state index contributed by atoms with van der Waals surface area (Å²) in [6, 6.07) is -0.126. The lowest BCUT2D eigenvalue weighted by Crippen LogP contribution is -2.61. The molecule has 19 unspecified atom stereocenters. The predicted molar refractivity (Wildman–Crippen MR) is 259 cm³/mol. The second-order valence-electron chi connectivity index (χ2n) is 21.6. The molecule has 3 aliphatic rings. The van der Waals surface area contributed by atoms with Crippen molar-refractivity contribution in [3.8, 4) is 0 Å². The fourth-order valence-electron chi connectivity index (χ4n) is 10.8. The Morgan fingerprint density at radius 1 is 0.910 bits per heavy atom. The topological polar surface area (TPSA) is 195 Å². The van der Waals surface area contributed by atoms with Gasteiger partial charge in [-0.1, -0.05) is 79.4 Å². The lowest BCUT2D eigenvalue weighted by atomic mass is 9.74. The number of hydrogen-bond acceptors (Lipinski definition) is 14. The molecule has 0 radical (unpaired) electrons. The number of amides is 1. The molecule has 0 aliphatic carbocycles. The molecule has 15 heteroatoms. The average molecular weight is 957 g/mol. The summed E-state index contributed by atoms with van der Waals surface area (Å²) in [5.74, 6) is -2.80. The monoisotopic (exact) mass is 957 g/mol. The number of carbonyl (C=O) groups excluding carboxylic acids is 2. The molecular weight excluding hydrogens is 861 g/mol. The molecule has 0 spiro atoms. The highest BCUT2D eigenvalue weighted by Gasteiger charge is 2.53. The van der Waals surface area contributed by atoms with Crippen molar-refractivity contribution in [3.05, 3.63) is 11.6 Å². The van der Waals surface area contributed by atoms with Crippen molar-refractivity contribution in [3.63, 3.8) is 0 Å². The Bertz CT molecular complexity index is 1530. The number of hydrogen-bond donors (Lipinski definition) is 5. The van der Waals surface area contributed by atoms with Gasteiger partial charge in [0.25, 0.3) is 0 Å². The molecule has 3 saturated heterocycles. The number of aliphatic hydroxyl groups excluding tert-OH is 2. The number of carbonyl (C=O) groups is 2. The van der Waals surface area contributed by atoms with E-state index in [1.807, 2.05) is 40.9 Å². The molecule has 0 aromatic rings. The SMILES string of the molecule is CCCC(=CCC(=O)NCCCOC1C(OC2C(C)C(OC3CC(C)(OC)C(O)C(C)O3)C(C)C(=O)OC(CC)C(C)(O)C(O)C(C)C(C)CCC(C)CC2(C)O)OC(C)CC1N(C)C)CC. The van der Waals surface area contributed by atoms with E-state index in [1.165, 1.54) is 19.6 Å². The molecule has 0 bridgehead atoms. The number of nitrogens with zero attached hydrogens (tertiary/aromatic N) is 1. The van der Waals surface area contributed by atoms with Gasteiger partial charge < -0.3 is 63.8 Å². The summed E-state index contributed by atoms with van der Waals surface area (Å²) in [5, 5.41) is 50.7. The van der Waals surface area contributed by atoms with E-state index in [2.05, 4.69) is 37.9 Å². The molecule has 67 heavy (non-hydrogen) atoms. The molecule has 1 amide bonds. The largest absolute Gasteiger partial charge is 0.459 e. The minimum Gasteiger partial charge on any atom is -0.459 e. The van der Waals surface area contributed by atoms with Crippen molar-refractivity contribution in [2.45, 2.75) is 245 Å². The summed E-state index contributed by atoms with van der Waals surface area (Å²) in [6.07, 6.45) is 0.0520. The average Bonchev–Trinajstić information content (AvgIpc) is 3.27. The second kappa shape index (κ2) is 26.6. The molecular formula is C52H96N2O13. The Morgan fingerprint density at radius 3 is 2.18 bits per heavy atom. The first-order valence-electron chi connectivity index (χ1n) is 25.7. The second-order valence-corrected chi connectivity index (χ2v) is 21.6. The van der Waals surface area contributed by atoms with Crippen molar-refractivity contribution >= 4 is 11.9 Å². The Hall–Kier alpha value is -1.76. The van der Waals surface area contributed by atoms with Gasteiger partial charge in [0.2, 0.25) is 5.91 Å². The zero-order valence-electron chi connectivity index (χ0n) is 44.4. The molecule has 3 fully saturated rings. The summed E-state index contributed by atoms with van der Waals surface area (Å²) in [6.45, 7) is 25.2. The van der Waals surface area contributed by atoms with Crippen LogP contribution in [-0.4, -0.2) is 156 Å². The molecule has 392 valence electrons. The van der Waals surface area contributed by atoms with Gasteiger partial charge in [0, 0.05) is 45.1 Å². The zero-order valence-corrected chi connectivity index (χ0v) is 44.4. The summed E-state index contributed by atoms with van der Waals surface area (Å²) < 4.78 is 45.7. The van der Waals surface area contributed by atoms with Crippen LogP contribution in [0.1, 0.15) is 161 Å². The van der Waals surface area contributed by atoms with Crippen LogP contribution in [0.5, 0.6) is 0 Å². The third-order valence-corrected chi connectivity index (χ3v) is 15.5. The van der Waals surface area contributed by atoms with Crippen LogP contribution in [0, 0.1) is 29.6 Å². The van der Waals surface area contributed by atoms with Crippen molar-refractivity contribution in [2.24, 2.45) is 29.6 Å². The van der Waals surface area contributed by atoms with Crippen LogP contribution in [0.25, 0.3) is 0 Å². The summed E-state index contributed by atoms with van der Waals surface area (Å²) >= 11 is 0. The van der Waals surface area contributed by atoms with Gasteiger partial charge in [-0.2, -0.15) is 0 Å². The minimum absolute atomic E-state index is 0.00489. The highest BCUT2D eigenvalue weighted by atomic mass is 16.7. The third kappa shape index (κ3) is 16.1. The van der Waals surface area contributed by atoms with Crippen molar-refractivity contribution < 1.29 is 63.2 Å². The number of likely N-dealkylation sites (N-methyl/N-ethyl adjacent to an activating group) is 1. The Balaban J connectivity index is 2.09. The lowest BCUT2D eigenvalue weighted by Gasteiger charge is -2.49. The van der Waals surface area contributed by atoms with Crippen LogP contribution in [0.2, 0.25) is 0 Å². The quantitative estimate of drug-likeness (QED) is 0.0588. The number of methoxy groups -OCH3 is 1. The first-order chi connectivity index (χ1) is 31.3. The maximum absolute atomic E-state index is 14.6. The number of aliphatic hydroxyl groups is 4. The van der Waals surface area contributed by atoms with E-state index in [0.717, 1.165) is 25.7 Å². The standard InChI is InChI=1S/C52H96N2O13/c1-17-21-38(18-2)24-25-41(55)53-26-20-27-62-44-39(54(14)15)28-33(6)63-49(44)67-47-35(8)43(66-42-30-51(12,61-16)46(57)37(10)64-42)36(9)48(58)65-40(19-3)52(13,60)45(56)34(7)32(5)23-22-31(4)29-50(47,11)59/h24,31-37,39-40,42-47,49,56-57,59-60H,17-23,25-30H2,1-16H3,(H,53,55). The van der Waals surface area contributed by atoms with Crippen LogP contribution in [0.15, 0.2) is 11.6 Å². The van der Waals surface area contributed by atoms with Crippen molar-refractivity contribution in [1.29, 1.82) is 0 Å². The minimum atomic E-state index is -1.76. The number of ether oxygens (including phenoxy) is 7. The molecule has 19 atom stereocenters. The van der Waals surface area contributed by atoms with Crippen molar-refractivity contribution in [2.75, 3.05) is 34.4 Å². The van der Waals surface area contributed by atoms with Crippen molar-refractivity contribution in [1.82, 2.24) is 10.2 Å². The number of cyclic esters (lactones) is 1. The highest BCUT2D eigenvalue weighted by Crippen LogP contribution is 2.41. The summed E-state index contributed by atoms with van der Waals surface area (Å²) in [7, 11) is 5.52. The Labute approximate surface area is 404 Å². The third-order valence-electron chi connectivity index (χ3n) is 15.5. The van der Waals surface area contributed by atoms with Gasteiger partial charge in [0.05, 0.1) is 47.6 Å². The van der Waals surface area contributed by atoms with E-state index >= 15 is 0 Å². The van der Waals surface area contributed by atoms with Gasteiger partial charge in [-0.05, 0) is 112 Å². The normalized spacial score (nSPS) is 42.3. The Kier molecular flexibility index (Phi) is 23.7. The van der Waals surface area contributed by atoms with Crippen LogP contribution >= 0.6 is 0 Å². The van der Waals surface area contributed by atoms with E-state index < -0.39 is 89.9 Å². The van der Waals surface area contributed by atoms with Gasteiger partial charge in [-0.15, -0.1) is 0 Å². The first-order valence-corrected chi connectivity index (χ1v) is 25.7.